The van der Waals surface area contributed by atoms with Gasteiger partial charge in [0.1, 0.15) is 12.7 Å². The molecular weight excluding hydrogens is 515 g/mol. The molecule has 0 saturated carbocycles. The first-order chi connectivity index (χ1) is 17.0. The Morgan fingerprint density at radius 3 is 2.53 bits per heavy atom. The van der Waals surface area contributed by atoms with E-state index >= 15 is 0 Å². The molecule has 36 heavy (non-hydrogen) atoms. The van der Waals surface area contributed by atoms with Crippen LogP contribution in [0, 0.1) is 6.92 Å². The number of nitrogens with zero attached hydrogens (tertiary/aromatic N) is 3. The van der Waals surface area contributed by atoms with Crippen LogP contribution in [0.5, 0.6) is 5.75 Å². The highest BCUT2D eigenvalue weighted by molar-refractivity contribution is 7.98. The molecule has 0 fully saturated rings. The van der Waals surface area contributed by atoms with Crippen molar-refractivity contribution in [1.82, 2.24) is 9.58 Å². The molecule has 2 aliphatic heterocycles. The van der Waals surface area contributed by atoms with Crippen LogP contribution in [0.4, 0.5) is 13.2 Å². The minimum atomic E-state index is -4.72. The van der Waals surface area contributed by atoms with E-state index in [0.717, 1.165) is 40.1 Å². The zero-order valence-electron chi connectivity index (χ0n) is 19.2. The summed E-state index contributed by atoms with van der Waals surface area (Å²) in [5.41, 5.74) is 2.22. The third-order valence-corrected chi connectivity index (χ3v) is 8.33. The lowest BCUT2D eigenvalue weighted by Gasteiger charge is -2.46. The second-order valence-electron chi connectivity index (χ2n) is 8.79. The number of alkyl halides is 3. The smallest absolute Gasteiger partial charge is 0.408 e. The Kier molecular flexibility index (Phi) is 5.99. The number of carbonyl (C=O) groups is 1. The van der Waals surface area contributed by atoms with E-state index < -0.39 is 47.7 Å². The van der Waals surface area contributed by atoms with Gasteiger partial charge < -0.3 is 10.0 Å². The summed E-state index contributed by atoms with van der Waals surface area (Å²) in [4.78, 5) is 26.9. The molecule has 2 atom stereocenters. The van der Waals surface area contributed by atoms with Crippen LogP contribution in [0.15, 0.2) is 58.4 Å². The molecule has 0 spiro atoms. The zero-order valence-corrected chi connectivity index (χ0v) is 20.8. The van der Waals surface area contributed by atoms with Crippen LogP contribution >= 0.6 is 23.4 Å². The molecular formula is C25H21ClF3N3O3S. The van der Waals surface area contributed by atoms with E-state index in [9.17, 15) is 27.9 Å². The summed E-state index contributed by atoms with van der Waals surface area (Å²) in [5, 5.41) is 12.6. The van der Waals surface area contributed by atoms with Crippen LogP contribution in [0.1, 0.15) is 45.7 Å². The van der Waals surface area contributed by atoms with Gasteiger partial charge in [0.25, 0.3) is 5.91 Å². The fourth-order valence-corrected chi connectivity index (χ4v) is 6.32. The number of amides is 1. The number of hydrogen-bond acceptors (Lipinski definition) is 5. The van der Waals surface area contributed by atoms with Crippen molar-refractivity contribution in [2.45, 2.75) is 42.8 Å². The Morgan fingerprint density at radius 2 is 1.81 bits per heavy atom. The summed E-state index contributed by atoms with van der Waals surface area (Å²) in [6.07, 6.45) is -3.41. The van der Waals surface area contributed by atoms with Gasteiger partial charge in [-0.25, -0.2) is 0 Å². The topological polar surface area (TPSA) is 65.8 Å². The first-order valence-electron chi connectivity index (χ1n) is 11.1. The highest BCUT2D eigenvalue weighted by atomic mass is 35.5. The fourth-order valence-electron chi connectivity index (χ4n) is 4.74. The normalized spacial score (nSPS) is 18.3. The van der Waals surface area contributed by atoms with Crippen LogP contribution in [-0.2, 0) is 5.75 Å². The van der Waals surface area contributed by atoms with Crippen LogP contribution in [0.25, 0.3) is 0 Å². The number of fused-ring (bicyclic) bond motifs is 3. The number of halogens is 4. The highest BCUT2D eigenvalue weighted by Gasteiger charge is 2.47. The number of hydrogen-bond donors (Lipinski definition) is 1. The number of rotatable bonds is 2. The number of pyridine rings is 1. The van der Waals surface area contributed by atoms with Gasteiger partial charge in [0.15, 0.2) is 11.4 Å². The molecule has 2 aromatic carbocycles. The minimum absolute atomic E-state index is 0.441. The van der Waals surface area contributed by atoms with Crippen molar-refractivity contribution in [3.05, 3.63) is 91.9 Å². The van der Waals surface area contributed by atoms with Crippen LogP contribution in [0.3, 0.4) is 0 Å². The van der Waals surface area contributed by atoms with E-state index in [1.165, 1.54) is 22.6 Å². The van der Waals surface area contributed by atoms with Crippen molar-refractivity contribution in [1.29, 1.82) is 0 Å². The second kappa shape index (κ2) is 8.77. The molecule has 1 aromatic heterocycles. The first kappa shape index (κ1) is 24.6. The van der Waals surface area contributed by atoms with Gasteiger partial charge in [0, 0.05) is 22.9 Å². The molecule has 6 nitrogen and oxygen atoms in total. The maximum absolute atomic E-state index is 13.8. The van der Waals surface area contributed by atoms with E-state index in [-0.39, 0.29) is 0 Å². The molecule has 0 bridgehead atoms. The number of aromatic nitrogens is 1. The Bertz CT molecular complexity index is 1390. The lowest BCUT2D eigenvalue weighted by Crippen LogP contribution is -2.60. The predicted octanol–water partition coefficient (Wildman–Crippen LogP) is 5.21. The molecule has 0 aliphatic carbocycles. The van der Waals surface area contributed by atoms with Crippen molar-refractivity contribution in [3.8, 4) is 5.75 Å². The Morgan fingerprint density at radius 1 is 1.11 bits per heavy atom. The minimum Gasteiger partial charge on any atom is -0.502 e. The fraction of sp³-hybridized carbons (Fsp3) is 0.280. The molecule has 3 heterocycles. The Hall–Kier alpha value is -3.11. The second-order valence-corrected chi connectivity index (χ2v) is 10.2. The van der Waals surface area contributed by atoms with E-state index in [4.69, 9.17) is 11.6 Å². The largest absolute Gasteiger partial charge is 0.502 e. The van der Waals surface area contributed by atoms with Crippen LogP contribution < -0.4 is 10.4 Å². The molecule has 11 heteroatoms. The first-order valence-corrected chi connectivity index (χ1v) is 12.5. The number of benzene rings is 2. The van der Waals surface area contributed by atoms with Gasteiger partial charge >= 0.3 is 6.18 Å². The van der Waals surface area contributed by atoms with Gasteiger partial charge in [-0.2, -0.15) is 13.2 Å². The van der Waals surface area contributed by atoms with Gasteiger partial charge in [0.05, 0.1) is 11.1 Å². The molecule has 3 aromatic rings. The van der Waals surface area contributed by atoms with Crippen molar-refractivity contribution in [2.75, 3.05) is 11.7 Å². The average molecular weight is 536 g/mol. The number of aromatic hydroxyl groups is 1. The van der Waals surface area contributed by atoms with E-state index in [1.54, 1.807) is 17.1 Å². The lowest BCUT2D eigenvalue weighted by molar-refractivity contribution is -0.173. The van der Waals surface area contributed by atoms with Crippen molar-refractivity contribution >= 4 is 29.3 Å². The molecule has 2 aliphatic rings. The number of aryl methyl sites for hydroxylation is 1. The average Bonchev–Trinajstić information content (AvgIpc) is 2.99. The summed E-state index contributed by atoms with van der Waals surface area (Å²) in [6, 6.07) is 9.37. The third kappa shape index (κ3) is 3.83. The van der Waals surface area contributed by atoms with E-state index in [0.29, 0.717) is 15.7 Å². The van der Waals surface area contributed by atoms with Crippen molar-refractivity contribution in [3.63, 3.8) is 0 Å². The summed E-state index contributed by atoms with van der Waals surface area (Å²) < 4.78 is 42.7. The molecule has 0 saturated heterocycles. The van der Waals surface area contributed by atoms with Gasteiger partial charge in [-0.15, -0.1) is 11.8 Å². The van der Waals surface area contributed by atoms with Crippen LogP contribution in [0.2, 0.25) is 5.02 Å². The SMILES string of the molecule is Cc1cccc2c1CSc1c(Cl)cccc1C2N1CN([C@H](C)C(F)(F)F)C(=O)c2c(O)c(=O)ccn21. The monoisotopic (exact) mass is 535 g/mol. The molecule has 1 unspecified atom stereocenters. The van der Waals surface area contributed by atoms with Crippen molar-refractivity contribution < 1.29 is 23.1 Å². The summed E-state index contributed by atoms with van der Waals surface area (Å²) in [7, 11) is 0. The summed E-state index contributed by atoms with van der Waals surface area (Å²) >= 11 is 8.10. The highest BCUT2D eigenvalue weighted by Crippen LogP contribution is 2.46. The number of carbonyl (C=O) groups excluding carboxylic acids is 1. The molecule has 188 valence electrons. The number of thioether (sulfide) groups is 1. The Balaban J connectivity index is 1.81. The van der Waals surface area contributed by atoms with Gasteiger partial charge in [-0.05, 0) is 42.2 Å². The summed E-state index contributed by atoms with van der Waals surface area (Å²) in [5.74, 6) is -1.39. The molecule has 1 N–H and O–H groups in total. The van der Waals surface area contributed by atoms with Gasteiger partial charge in [-0.1, -0.05) is 41.9 Å². The predicted molar refractivity (Wildman–Crippen MR) is 131 cm³/mol. The zero-order chi connectivity index (χ0) is 25.9. The maximum atomic E-state index is 13.8. The van der Waals surface area contributed by atoms with Crippen molar-refractivity contribution in [2.24, 2.45) is 0 Å². The third-order valence-electron chi connectivity index (χ3n) is 6.72. The van der Waals surface area contributed by atoms with E-state index in [1.807, 2.05) is 31.2 Å². The summed E-state index contributed by atoms with van der Waals surface area (Å²) in [6.45, 7) is 2.40. The van der Waals surface area contributed by atoms with Gasteiger partial charge in [-0.3, -0.25) is 19.3 Å². The molecule has 0 radical (unpaired) electrons. The maximum Gasteiger partial charge on any atom is 0.408 e. The quantitative estimate of drug-likeness (QED) is 0.488. The van der Waals surface area contributed by atoms with E-state index in [2.05, 4.69) is 0 Å². The molecule has 5 rings (SSSR count). The van der Waals surface area contributed by atoms with Crippen LogP contribution in [-0.4, -0.2) is 39.5 Å². The lowest BCUT2D eigenvalue weighted by atomic mass is 9.92. The molecule has 1 amide bonds. The Labute approximate surface area is 213 Å². The standard InChI is InChI=1S/C25H21ClF3N3O3S/c1-13-5-3-6-15-17(13)11-36-23-16(7-4-8-18(23)26)20(15)32-12-30(14(2)25(27,28)29)24(35)21-22(34)19(33)9-10-31(21)32/h3-10,14,20,34H,11-12H2,1-2H3/t14-,20?/m1/s1. The van der Waals surface area contributed by atoms with Gasteiger partial charge in [0.2, 0.25) is 5.43 Å².